The molecule has 10 nitrogen and oxygen atoms in total. The van der Waals surface area contributed by atoms with Crippen molar-refractivity contribution in [2.24, 2.45) is 46.3 Å². The molecule has 272 valence electrons. The summed E-state index contributed by atoms with van der Waals surface area (Å²) in [4.78, 5) is 44.8. The Hall–Kier alpha value is -1.85. The zero-order chi connectivity index (χ0) is 35.2. The van der Waals surface area contributed by atoms with Gasteiger partial charge in [0.25, 0.3) is 0 Å². The fraction of sp³-hybridized carbons (Fsp3) is 0.657. The van der Waals surface area contributed by atoms with Crippen LogP contribution in [0.2, 0.25) is 0 Å². The number of esters is 4. The SMILES string of the molecule is C=CC(=O)OCC1(CC)COC(C(C)(C)COC(=O)C=C)OC1.C=CC(=O)OCC1CC2C3CC(COC(=O)C=C)C(C3)C2C1.II.[F-]. The topological polar surface area (TPSA) is 124 Å². The summed E-state index contributed by atoms with van der Waals surface area (Å²) >= 11 is 4.24. The van der Waals surface area contributed by atoms with E-state index >= 15 is 0 Å². The van der Waals surface area contributed by atoms with Gasteiger partial charge in [-0.25, -0.2) is 19.2 Å². The summed E-state index contributed by atoms with van der Waals surface area (Å²) in [6.45, 7) is 21.6. The first-order chi connectivity index (χ1) is 22.4. The van der Waals surface area contributed by atoms with E-state index in [4.69, 9.17) is 28.4 Å². The third-order valence-corrected chi connectivity index (χ3v) is 9.85. The van der Waals surface area contributed by atoms with Crippen LogP contribution in [-0.4, -0.2) is 69.8 Å². The Kier molecular flexibility index (Phi) is 19.7. The lowest BCUT2D eigenvalue weighted by Gasteiger charge is -2.43. The highest BCUT2D eigenvalue weighted by molar-refractivity contribution is 15.0. The molecule has 4 fully saturated rings. The van der Waals surface area contributed by atoms with Gasteiger partial charge in [-0.1, -0.05) is 47.1 Å². The van der Waals surface area contributed by atoms with Crippen LogP contribution >= 0.6 is 37.2 Å². The van der Waals surface area contributed by atoms with Crippen molar-refractivity contribution in [3.05, 3.63) is 50.6 Å². The Labute approximate surface area is 307 Å². The van der Waals surface area contributed by atoms with Gasteiger partial charge in [-0.2, -0.15) is 0 Å². The third-order valence-electron chi connectivity index (χ3n) is 9.85. The molecular formula is C35H50FI2O10-. The minimum absolute atomic E-state index is 0. The standard InChI is InChI=1S/C18H24O4.C17H26O6.FH.I2/c1-3-17(19)21-9-11-5-14-12-7-13(10-22-18(20)4-2)15(8-12)16(14)6-11;1-6-13(18)20-9-16(4,5)15-22-11-17(8-3,12-23-15)10-21-14(19)7-2;;1-2/h3-4,11-16H,1-2,5-10H2;6-7,15H,1-2,8-12H2,3-5H3;1H;/p-1. The zero-order valence-electron chi connectivity index (χ0n) is 28.2. The third kappa shape index (κ3) is 12.5. The summed E-state index contributed by atoms with van der Waals surface area (Å²) < 4.78 is 32.3. The predicted octanol–water partition coefficient (Wildman–Crippen LogP) is 3.76. The Morgan fingerprint density at radius 1 is 0.750 bits per heavy atom. The van der Waals surface area contributed by atoms with Crippen LogP contribution in [0.15, 0.2) is 50.6 Å². The van der Waals surface area contributed by atoms with Crippen molar-refractivity contribution in [3.8, 4) is 0 Å². The largest absolute Gasteiger partial charge is 1.00 e. The molecule has 0 aromatic rings. The van der Waals surface area contributed by atoms with Crippen LogP contribution in [0.4, 0.5) is 0 Å². The summed E-state index contributed by atoms with van der Waals surface area (Å²) in [7, 11) is 0. The molecule has 3 saturated carbocycles. The molecule has 0 radical (unpaired) electrons. The molecule has 2 bridgehead atoms. The minimum atomic E-state index is -0.505. The maximum absolute atomic E-state index is 11.2. The summed E-state index contributed by atoms with van der Waals surface area (Å²) in [6, 6.07) is 0. The molecule has 3 aliphatic carbocycles. The van der Waals surface area contributed by atoms with Crippen molar-refractivity contribution >= 4 is 61.1 Å². The fourth-order valence-electron chi connectivity index (χ4n) is 7.26. The first-order valence-corrected chi connectivity index (χ1v) is 22.2. The molecule has 1 aliphatic heterocycles. The number of ether oxygens (including phenoxy) is 6. The van der Waals surface area contributed by atoms with Crippen LogP contribution < -0.4 is 4.70 Å². The smallest absolute Gasteiger partial charge is 0.330 e. The van der Waals surface area contributed by atoms with Crippen molar-refractivity contribution in [2.75, 3.05) is 39.6 Å². The number of carbonyl (C=O) groups is 4. The van der Waals surface area contributed by atoms with E-state index in [9.17, 15) is 19.2 Å². The molecular weight excluding hydrogens is 853 g/mol. The van der Waals surface area contributed by atoms with E-state index in [1.807, 2.05) is 20.8 Å². The number of carbonyl (C=O) groups excluding carboxylic acids is 4. The van der Waals surface area contributed by atoms with Gasteiger partial charge < -0.3 is 33.1 Å². The molecule has 6 unspecified atom stereocenters. The van der Waals surface area contributed by atoms with E-state index in [1.54, 1.807) is 0 Å². The van der Waals surface area contributed by atoms with Crippen molar-refractivity contribution in [1.82, 2.24) is 0 Å². The molecule has 4 aliphatic rings. The van der Waals surface area contributed by atoms with Gasteiger partial charge in [0.15, 0.2) is 6.29 Å². The van der Waals surface area contributed by atoms with Crippen molar-refractivity contribution < 1.29 is 52.3 Å². The average Bonchev–Trinajstić information content (AvgIpc) is 3.81. The van der Waals surface area contributed by atoms with Crippen molar-refractivity contribution in [3.63, 3.8) is 0 Å². The molecule has 0 spiro atoms. The highest BCUT2D eigenvalue weighted by Gasteiger charge is 2.56. The molecule has 0 aromatic heterocycles. The second kappa shape index (κ2) is 21.4. The maximum atomic E-state index is 11.2. The number of rotatable bonds is 14. The van der Waals surface area contributed by atoms with Crippen molar-refractivity contribution in [1.29, 1.82) is 0 Å². The number of hydrogen-bond donors (Lipinski definition) is 0. The second-order valence-corrected chi connectivity index (χ2v) is 13.4. The Morgan fingerprint density at radius 3 is 1.79 bits per heavy atom. The average molecular weight is 904 g/mol. The van der Waals surface area contributed by atoms with Gasteiger partial charge in [-0.15, -0.1) is 0 Å². The zero-order valence-corrected chi connectivity index (χ0v) is 32.5. The fourth-order valence-corrected chi connectivity index (χ4v) is 7.26. The molecule has 1 saturated heterocycles. The normalized spacial score (nSPS) is 29.5. The Balaban J connectivity index is 0.000000448. The monoisotopic (exact) mass is 903 g/mol. The first kappa shape index (κ1) is 44.2. The van der Waals surface area contributed by atoms with E-state index < -0.39 is 23.6 Å². The van der Waals surface area contributed by atoms with Crippen LogP contribution in [0.3, 0.4) is 0 Å². The van der Waals surface area contributed by atoms with Gasteiger partial charge in [-0.3, -0.25) is 0 Å². The number of hydrogen-bond acceptors (Lipinski definition) is 10. The van der Waals surface area contributed by atoms with Gasteiger partial charge in [0.2, 0.25) is 0 Å². The van der Waals surface area contributed by atoms with E-state index in [0.717, 1.165) is 42.7 Å². The lowest BCUT2D eigenvalue weighted by atomic mass is 9.76. The Bertz CT molecular complexity index is 1120. The van der Waals surface area contributed by atoms with E-state index in [-0.39, 0.29) is 35.3 Å². The van der Waals surface area contributed by atoms with Crippen LogP contribution in [0, 0.1) is 46.3 Å². The lowest BCUT2D eigenvalue weighted by molar-refractivity contribution is -0.280. The highest BCUT2D eigenvalue weighted by atomic mass is 128. The summed E-state index contributed by atoms with van der Waals surface area (Å²) in [5, 5.41) is 0. The van der Waals surface area contributed by atoms with E-state index in [2.05, 4.69) is 63.5 Å². The van der Waals surface area contributed by atoms with Crippen LogP contribution in [-0.2, 0) is 47.6 Å². The summed E-state index contributed by atoms with van der Waals surface area (Å²) in [5.74, 6) is 2.35. The molecule has 4 rings (SSSR count). The van der Waals surface area contributed by atoms with Gasteiger partial charge in [-0.05, 0) is 67.6 Å². The van der Waals surface area contributed by atoms with Gasteiger partial charge in [0, 0.05) is 67.0 Å². The molecule has 6 atom stereocenters. The molecule has 1 heterocycles. The van der Waals surface area contributed by atoms with Gasteiger partial charge in [0.05, 0.1) is 31.8 Å². The van der Waals surface area contributed by atoms with E-state index in [1.165, 1.54) is 31.4 Å². The summed E-state index contributed by atoms with van der Waals surface area (Å²) in [5.41, 5.74) is -0.876. The van der Waals surface area contributed by atoms with Crippen LogP contribution in [0.1, 0.15) is 52.9 Å². The molecule has 0 aromatic carbocycles. The highest BCUT2D eigenvalue weighted by Crippen LogP contribution is 2.62. The van der Waals surface area contributed by atoms with E-state index in [0.29, 0.717) is 44.2 Å². The van der Waals surface area contributed by atoms with Gasteiger partial charge >= 0.3 is 23.9 Å². The van der Waals surface area contributed by atoms with Crippen molar-refractivity contribution in [2.45, 2.75) is 59.2 Å². The maximum Gasteiger partial charge on any atom is 0.330 e. The van der Waals surface area contributed by atoms with Gasteiger partial charge in [0.1, 0.15) is 13.2 Å². The van der Waals surface area contributed by atoms with Crippen LogP contribution in [0.5, 0.6) is 0 Å². The minimum Gasteiger partial charge on any atom is -1.00 e. The molecule has 48 heavy (non-hydrogen) atoms. The first-order valence-electron chi connectivity index (χ1n) is 15.9. The van der Waals surface area contributed by atoms with Crippen LogP contribution in [0.25, 0.3) is 0 Å². The molecule has 13 heteroatoms. The molecule has 0 amide bonds. The molecule has 0 N–H and O–H groups in total. The summed E-state index contributed by atoms with van der Waals surface area (Å²) in [6.07, 6.45) is 9.73. The predicted molar refractivity (Wildman–Crippen MR) is 194 cm³/mol. The second-order valence-electron chi connectivity index (χ2n) is 13.4. The number of fused-ring (bicyclic) bond motifs is 5. The number of halogens is 3. The Morgan fingerprint density at radius 2 is 1.25 bits per heavy atom. The quantitative estimate of drug-likeness (QED) is 0.110. The lowest BCUT2D eigenvalue weighted by Crippen LogP contribution is -3.00.